The highest BCUT2D eigenvalue weighted by Crippen LogP contribution is 2.30. The number of aryl methyl sites for hydroxylation is 1. The van der Waals surface area contributed by atoms with Gasteiger partial charge < -0.3 is 11.1 Å². The van der Waals surface area contributed by atoms with Gasteiger partial charge in [0, 0.05) is 11.1 Å². The van der Waals surface area contributed by atoms with E-state index in [4.69, 9.17) is 10.8 Å². The smallest absolute Gasteiger partial charge is 0.154 e. The molecule has 3 N–H and O–H groups in total. The molecule has 146 valence electrons. The number of nitrogen functional groups attached to an aromatic ring is 1. The molecule has 3 heterocycles. The van der Waals surface area contributed by atoms with Gasteiger partial charge in [-0.1, -0.05) is 30.3 Å². The van der Waals surface area contributed by atoms with Crippen LogP contribution in [0.2, 0.25) is 0 Å². The van der Waals surface area contributed by atoms with Crippen molar-refractivity contribution in [3.05, 3.63) is 65.7 Å². The molecule has 0 aliphatic heterocycles. The van der Waals surface area contributed by atoms with Crippen LogP contribution in [0.1, 0.15) is 29.8 Å². The molecule has 9 heteroatoms. The summed E-state index contributed by atoms with van der Waals surface area (Å²) >= 11 is 0. The normalized spacial score (nSPS) is 11.5. The van der Waals surface area contributed by atoms with E-state index < -0.39 is 0 Å². The van der Waals surface area contributed by atoms with E-state index >= 15 is 0 Å². The number of benzene rings is 1. The number of nitriles is 1. The monoisotopic (exact) mass is 404 g/mol. The molecular formula is C20H20N8S. The first-order valence-corrected chi connectivity index (χ1v) is 8.76. The Morgan fingerprint density at radius 3 is 2.69 bits per heavy atom. The van der Waals surface area contributed by atoms with Gasteiger partial charge in [-0.25, -0.2) is 19.5 Å². The van der Waals surface area contributed by atoms with E-state index in [0.29, 0.717) is 5.82 Å². The Hall–Kier alpha value is -3.64. The molecule has 0 aliphatic carbocycles. The van der Waals surface area contributed by atoms with Crippen molar-refractivity contribution < 1.29 is 0 Å². The molecular weight excluding hydrogens is 384 g/mol. The van der Waals surface area contributed by atoms with Crippen LogP contribution in [0.15, 0.2) is 48.9 Å². The molecule has 0 amide bonds. The van der Waals surface area contributed by atoms with Gasteiger partial charge in [0.15, 0.2) is 5.65 Å². The Bertz CT molecular complexity index is 1200. The van der Waals surface area contributed by atoms with E-state index in [-0.39, 0.29) is 30.9 Å². The van der Waals surface area contributed by atoms with Crippen LogP contribution in [0, 0.1) is 18.3 Å². The van der Waals surface area contributed by atoms with Crippen LogP contribution in [0.4, 0.5) is 11.6 Å². The van der Waals surface area contributed by atoms with Crippen LogP contribution in [0.25, 0.3) is 16.9 Å². The van der Waals surface area contributed by atoms with Crippen LogP contribution >= 0.6 is 13.5 Å². The second kappa shape index (κ2) is 8.16. The van der Waals surface area contributed by atoms with Crippen molar-refractivity contribution >= 4 is 30.8 Å². The summed E-state index contributed by atoms with van der Waals surface area (Å²) in [6.45, 7) is 3.91. The molecule has 0 aliphatic rings. The maximum Gasteiger partial charge on any atom is 0.154 e. The number of rotatable bonds is 4. The van der Waals surface area contributed by atoms with Gasteiger partial charge in [-0.3, -0.25) is 0 Å². The van der Waals surface area contributed by atoms with Gasteiger partial charge in [0.05, 0.1) is 23.6 Å². The Balaban J connectivity index is 0.00000240. The summed E-state index contributed by atoms with van der Waals surface area (Å²) in [6.07, 6.45) is 3.23. The zero-order chi connectivity index (χ0) is 19.7. The molecule has 29 heavy (non-hydrogen) atoms. The van der Waals surface area contributed by atoms with Gasteiger partial charge in [-0.2, -0.15) is 23.9 Å². The maximum absolute atomic E-state index is 9.38. The lowest BCUT2D eigenvalue weighted by Gasteiger charge is -2.19. The van der Waals surface area contributed by atoms with E-state index in [0.717, 1.165) is 28.2 Å². The molecule has 1 atom stereocenters. The summed E-state index contributed by atoms with van der Waals surface area (Å²) < 4.78 is 1.78. The number of nitrogens with zero attached hydrogens (tertiary/aromatic N) is 6. The van der Waals surface area contributed by atoms with Crippen molar-refractivity contribution in [3.63, 3.8) is 0 Å². The molecule has 0 saturated heterocycles. The lowest BCUT2D eigenvalue weighted by atomic mass is 10.0. The molecule has 0 spiro atoms. The SMILES string of the molecule is Cc1cn2nc(-c3ccccc3)c([C@H](C)Nc3ncnc(N)c3C#N)cc2n1.S. The minimum absolute atomic E-state index is 0. The molecule has 1 aromatic carbocycles. The number of hydrogen-bond acceptors (Lipinski definition) is 7. The fourth-order valence-corrected chi connectivity index (χ4v) is 3.11. The van der Waals surface area contributed by atoms with Crippen LogP contribution in [-0.4, -0.2) is 24.6 Å². The molecule has 0 bridgehead atoms. The Kier molecular flexibility index (Phi) is 5.66. The highest BCUT2D eigenvalue weighted by Gasteiger charge is 2.19. The zero-order valence-electron chi connectivity index (χ0n) is 16.0. The van der Waals surface area contributed by atoms with Gasteiger partial charge >= 0.3 is 0 Å². The van der Waals surface area contributed by atoms with E-state index in [1.807, 2.05) is 56.4 Å². The quantitative estimate of drug-likeness (QED) is 0.536. The first-order chi connectivity index (χ1) is 13.6. The predicted molar refractivity (Wildman–Crippen MR) is 117 cm³/mol. The zero-order valence-corrected chi connectivity index (χ0v) is 17.0. The summed E-state index contributed by atoms with van der Waals surface area (Å²) in [5.41, 5.74) is 10.4. The number of anilines is 2. The number of nitrogens with one attached hydrogen (secondary N) is 1. The second-order valence-electron chi connectivity index (χ2n) is 6.46. The van der Waals surface area contributed by atoms with Gasteiger partial charge in [0.1, 0.15) is 29.6 Å². The molecule has 0 unspecified atom stereocenters. The van der Waals surface area contributed by atoms with Crippen molar-refractivity contribution in [1.82, 2.24) is 24.6 Å². The number of nitrogens with two attached hydrogens (primary N) is 1. The standard InChI is InChI=1S/C20H18N8.H2S/c1-12-10-28-17(25-12)8-15(18(27-28)14-6-4-3-5-7-14)13(2)26-20-16(9-21)19(22)23-11-24-20;/h3-8,10-11,13H,1-2H3,(H3,22,23,24,26);1H2/t13-;/m0./s1. The third kappa shape index (κ3) is 3.83. The highest BCUT2D eigenvalue weighted by atomic mass is 32.1. The van der Waals surface area contributed by atoms with Gasteiger partial charge in [-0.05, 0) is 19.9 Å². The van der Waals surface area contributed by atoms with Crippen molar-refractivity contribution in [2.24, 2.45) is 0 Å². The fourth-order valence-electron chi connectivity index (χ4n) is 3.11. The minimum atomic E-state index is -0.203. The molecule has 0 saturated carbocycles. The Morgan fingerprint density at radius 1 is 1.21 bits per heavy atom. The van der Waals surface area contributed by atoms with Crippen LogP contribution in [0.5, 0.6) is 0 Å². The molecule has 0 fully saturated rings. The third-order valence-electron chi connectivity index (χ3n) is 4.46. The van der Waals surface area contributed by atoms with Crippen LogP contribution in [-0.2, 0) is 0 Å². The van der Waals surface area contributed by atoms with Crippen molar-refractivity contribution in [2.45, 2.75) is 19.9 Å². The maximum atomic E-state index is 9.38. The third-order valence-corrected chi connectivity index (χ3v) is 4.46. The molecule has 4 rings (SSSR count). The lowest BCUT2D eigenvalue weighted by Crippen LogP contribution is -2.13. The summed E-state index contributed by atoms with van der Waals surface area (Å²) in [6, 6.07) is 13.8. The fraction of sp³-hybridized carbons (Fsp3) is 0.150. The van der Waals surface area contributed by atoms with Gasteiger partial charge in [0.2, 0.25) is 0 Å². The topological polar surface area (TPSA) is 118 Å². The number of hydrogen-bond donors (Lipinski definition) is 2. The molecule has 0 radical (unpaired) electrons. The van der Waals surface area contributed by atoms with E-state index in [9.17, 15) is 5.26 Å². The average molecular weight is 405 g/mol. The number of imidazole rings is 1. The van der Waals surface area contributed by atoms with Crippen molar-refractivity contribution in [2.75, 3.05) is 11.1 Å². The summed E-state index contributed by atoms with van der Waals surface area (Å²) in [5.74, 6) is 0.536. The van der Waals surface area contributed by atoms with Gasteiger partial charge in [-0.15, -0.1) is 0 Å². The van der Waals surface area contributed by atoms with E-state index in [2.05, 4.69) is 26.3 Å². The predicted octanol–water partition coefficient (Wildman–Crippen LogP) is 3.23. The van der Waals surface area contributed by atoms with Crippen molar-refractivity contribution in [3.8, 4) is 17.3 Å². The number of fused-ring (bicyclic) bond motifs is 1. The van der Waals surface area contributed by atoms with Crippen molar-refractivity contribution in [1.29, 1.82) is 5.26 Å². The molecule has 8 nitrogen and oxygen atoms in total. The summed E-state index contributed by atoms with van der Waals surface area (Å²) in [4.78, 5) is 12.6. The lowest BCUT2D eigenvalue weighted by molar-refractivity contribution is 0.840. The summed E-state index contributed by atoms with van der Waals surface area (Å²) in [5, 5.41) is 17.4. The minimum Gasteiger partial charge on any atom is -0.382 e. The van der Waals surface area contributed by atoms with Crippen LogP contribution in [0.3, 0.4) is 0 Å². The van der Waals surface area contributed by atoms with Gasteiger partial charge in [0.25, 0.3) is 0 Å². The highest BCUT2D eigenvalue weighted by molar-refractivity contribution is 7.59. The number of aromatic nitrogens is 5. The van der Waals surface area contributed by atoms with E-state index in [1.165, 1.54) is 6.33 Å². The first-order valence-electron chi connectivity index (χ1n) is 8.76. The second-order valence-corrected chi connectivity index (χ2v) is 6.46. The van der Waals surface area contributed by atoms with Crippen LogP contribution < -0.4 is 11.1 Å². The summed E-state index contributed by atoms with van der Waals surface area (Å²) in [7, 11) is 0. The Morgan fingerprint density at radius 2 is 1.97 bits per heavy atom. The first kappa shape index (κ1) is 20.1. The Labute approximate surface area is 174 Å². The van der Waals surface area contributed by atoms with E-state index in [1.54, 1.807) is 4.52 Å². The largest absolute Gasteiger partial charge is 0.382 e. The molecule has 4 aromatic rings. The average Bonchev–Trinajstić information content (AvgIpc) is 3.07. The molecule has 3 aromatic heterocycles.